The van der Waals surface area contributed by atoms with Crippen LogP contribution in [0.3, 0.4) is 0 Å². The van der Waals surface area contributed by atoms with Crippen molar-refractivity contribution in [1.82, 2.24) is 4.90 Å². The van der Waals surface area contributed by atoms with Crippen LogP contribution in [0, 0.1) is 17.2 Å². The van der Waals surface area contributed by atoms with Gasteiger partial charge in [0.2, 0.25) is 5.91 Å². The number of hydrogen-bond acceptors (Lipinski definition) is 2. The Morgan fingerprint density at radius 1 is 1.28 bits per heavy atom. The molecule has 0 radical (unpaired) electrons. The number of carbonyl (C=O) groups excluding carboxylic acids is 1. The third-order valence-corrected chi connectivity index (χ3v) is 4.10. The zero-order valence-electron chi connectivity index (χ0n) is 10.3. The van der Waals surface area contributed by atoms with Crippen LogP contribution < -0.4 is 0 Å². The molecule has 2 aliphatic heterocycles. The molecule has 0 bridgehead atoms. The Morgan fingerprint density at radius 3 is 2.94 bits per heavy atom. The summed E-state index contributed by atoms with van der Waals surface area (Å²) in [5.41, 5.74) is 2.43. The van der Waals surface area contributed by atoms with Gasteiger partial charge in [0, 0.05) is 13.0 Å². The summed E-state index contributed by atoms with van der Waals surface area (Å²) in [6.45, 7) is 0.802. The molecule has 92 valence electrons. The van der Waals surface area contributed by atoms with Crippen molar-refractivity contribution in [1.29, 1.82) is 5.26 Å². The molecule has 0 N–H and O–H groups in total. The second kappa shape index (κ2) is 4.45. The first kappa shape index (κ1) is 11.3. The second-order valence-electron chi connectivity index (χ2n) is 5.11. The van der Waals surface area contributed by atoms with Crippen molar-refractivity contribution in [3.05, 3.63) is 35.4 Å². The van der Waals surface area contributed by atoms with Gasteiger partial charge in [-0.3, -0.25) is 4.79 Å². The van der Waals surface area contributed by atoms with Crippen LogP contribution in [0.15, 0.2) is 24.3 Å². The first-order chi connectivity index (χ1) is 8.81. The Balaban J connectivity index is 2.11. The van der Waals surface area contributed by atoms with Crippen molar-refractivity contribution in [3.8, 4) is 6.07 Å². The number of nitrogens with zero attached hydrogens (tertiary/aromatic N) is 2. The molecule has 2 heterocycles. The molecule has 1 aromatic carbocycles. The molecule has 2 unspecified atom stereocenters. The average molecular weight is 240 g/mol. The number of aryl methyl sites for hydroxylation is 1. The highest BCUT2D eigenvalue weighted by molar-refractivity contribution is 5.78. The smallest absolute Gasteiger partial charge is 0.223 e. The zero-order valence-corrected chi connectivity index (χ0v) is 10.3. The lowest BCUT2D eigenvalue weighted by atomic mass is 9.84. The van der Waals surface area contributed by atoms with E-state index in [0.29, 0.717) is 6.42 Å². The largest absolute Gasteiger partial charge is 0.334 e. The number of benzene rings is 1. The number of carbonyl (C=O) groups is 1. The van der Waals surface area contributed by atoms with E-state index < -0.39 is 0 Å². The lowest BCUT2D eigenvalue weighted by Crippen LogP contribution is -2.41. The third kappa shape index (κ3) is 1.69. The number of hydrogen-bond donors (Lipinski definition) is 0. The van der Waals surface area contributed by atoms with E-state index in [0.717, 1.165) is 25.8 Å². The Hall–Kier alpha value is -1.82. The van der Waals surface area contributed by atoms with Gasteiger partial charge in [-0.2, -0.15) is 5.26 Å². The molecule has 1 fully saturated rings. The summed E-state index contributed by atoms with van der Waals surface area (Å²) >= 11 is 0. The van der Waals surface area contributed by atoms with Gasteiger partial charge in [-0.25, -0.2) is 0 Å². The topological polar surface area (TPSA) is 44.1 Å². The summed E-state index contributed by atoms with van der Waals surface area (Å²) in [7, 11) is 0. The molecule has 0 spiro atoms. The highest BCUT2D eigenvalue weighted by Gasteiger charge is 2.37. The standard InChI is InChI=1S/C15H16N2O/c16-10-12-5-3-9-17-14(18)8-7-11-4-1-2-6-13(11)15(12)17/h1-2,4,6,12,15H,3,5,7-9H2. The number of nitriles is 1. The van der Waals surface area contributed by atoms with Crippen molar-refractivity contribution in [2.24, 2.45) is 5.92 Å². The summed E-state index contributed by atoms with van der Waals surface area (Å²) in [5.74, 6) is 0.151. The summed E-state index contributed by atoms with van der Waals surface area (Å²) < 4.78 is 0. The molecular formula is C15H16N2O. The fraction of sp³-hybridized carbons (Fsp3) is 0.467. The fourth-order valence-electron chi connectivity index (χ4n) is 3.23. The van der Waals surface area contributed by atoms with Crippen LogP contribution in [0.25, 0.3) is 0 Å². The minimum absolute atomic E-state index is 0.0186. The molecule has 1 aromatic rings. The van der Waals surface area contributed by atoms with Gasteiger partial charge in [-0.05, 0) is 30.4 Å². The van der Waals surface area contributed by atoms with Gasteiger partial charge in [0.05, 0.1) is 18.0 Å². The number of rotatable bonds is 0. The van der Waals surface area contributed by atoms with Gasteiger partial charge < -0.3 is 4.90 Å². The van der Waals surface area contributed by atoms with Gasteiger partial charge in [-0.1, -0.05) is 24.3 Å². The maximum atomic E-state index is 12.2. The molecule has 1 amide bonds. The van der Waals surface area contributed by atoms with Gasteiger partial charge in [-0.15, -0.1) is 0 Å². The minimum Gasteiger partial charge on any atom is -0.334 e. The Labute approximate surface area is 107 Å². The highest BCUT2D eigenvalue weighted by atomic mass is 16.2. The molecule has 0 aliphatic carbocycles. The van der Waals surface area contributed by atoms with Gasteiger partial charge in [0.25, 0.3) is 0 Å². The Morgan fingerprint density at radius 2 is 2.11 bits per heavy atom. The predicted octanol–water partition coefficient (Wildman–Crippen LogP) is 2.44. The van der Waals surface area contributed by atoms with Crippen molar-refractivity contribution in [3.63, 3.8) is 0 Å². The minimum atomic E-state index is -0.0537. The normalized spacial score (nSPS) is 26.8. The number of amides is 1. The van der Waals surface area contributed by atoms with E-state index in [1.165, 1.54) is 11.1 Å². The van der Waals surface area contributed by atoms with Gasteiger partial charge >= 0.3 is 0 Å². The highest BCUT2D eigenvalue weighted by Crippen LogP contribution is 2.39. The van der Waals surface area contributed by atoms with Crippen molar-refractivity contribution in [2.45, 2.75) is 31.7 Å². The maximum Gasteiger partial charge on any atom is 0.223 e. The zero-order chi connectivity index (χ0) is 12.5. The third-order valence-electron chi connectivity index (χ3n) is 4.10. The molecule has 2 atom stereocenters. The molecule has 1 saturated heterocycles. The summed E-state index contributed by atoms with van der Waals surface area (Å²) in [6, 6.07) is 10.6. The number of piperidine rings is 1. The van der Waals surface area contributed by atoms with E-state index in [2.05, 4.69) is 18.2 Å². The summed E-state index contributed by atoms with van der Waals surface area (Å²) in [5, 5.41) is 9.35. The molecule has 3 nitrogen and oxygen atoms in total. The summed E-state index contributed by atoms with van der Waals surface area (Å²) in [6.07, 6.45) is 3.23. The lowest BCUT2D eigenvalue weighted by Gasteiger charge is -2.38. The quantitative estimate of drug-likeness (QED) is 0.699. The van der Waals surface area contributed by atoms with Crippen LogP contribution in [0.1, 0.15) is 36.4 Å². The maximum absolute atomic E-state index is 12.2. The van der Waals surface area contributed by atoms with Crippen LogP contribution in [0.4, 0.5) is 0 Å². The molecule has 0 saturated carbocycles. The number of fused-ring (bicyclic) bond motifs is 3. The first-order valence-corrected chi connectivity index (χ1v) is 6.58. The van der Waals surface area contributed by atoms with E-state index in [9.17, 15) is 10.1 Å². The monoisotopic (exact) mass is 240 g/mol. The Bertz CT molecular complexity index is 517. The van der Waals surface area contributed by atoms with E-state index in [1.807, 2.05) is 17.0 Å². The van der Waals surface area contributed by atoms with Crippen molar-refractivity contribution < 1.29 is 4.79 Å². The molecule has 18 heavy (non-hydrogen) atoms. The van der Waals surface area contributed by atoms with E-state index in [4.69, 9.17) is 0 Å². The lowest BCUT2D eigenvalue weighted by molar-refractivity contribution is -0.135. The van der Waals surface area contributed by atoms with Crippen LogP contribution in [0.5, 0.6) is 0 Å². The first-order valence-electron chi connectivity index (χ1n) is 6.58. The summed E-state index contributed by atoms with van der Waals surface area (Å²) in [4.78, 5) is 14.1. The fourth-order valence-corrected chi connectivity index (χ4v) is 3.23. The van der Waals surface area contributed by atoms with E-state index in [-0.39, 0.29) is 17.9 Å². The van der Waals surface area contributed by atoms with Gasteiger partial charge in [0.15, 0.2) is 0 Å². The molecule has 0 aromatic heterocycles. The molecule has 3 heteroatoms. The van der Waals surface area contributed by atoms with E-state index >= 15 is 0 Å². The van der Waals surface area contributed by atoms with Crippen LogP contribution in [-0.4, -0.2) is 17.4 Å². The molecular weight excluding hydrogens is 224 g/mol. The Kier molecular flexibility index (Phi) is 2.79. The SMILES string of the molecule is N#CC1CCCN2C(=O)CCc3ccccc3C12. The van der Waals surface area contributed by atoms with Crippen molar-refractivity contribution >= 4 is 5.91 Å². The second-order valence-corrected chi connectivity index (χ2v) is 5.11. The van der Waals surface area contributed by atoms with Crippen LogP contribution in [-0.2, 0) is 11.2 Å². The molecule has 3 rings (SSSR count). The predicted molar refractivity (Wildman–Crippen MR) is 67.6 cm³/mol. The van der Waals surface area contributed by atoms with Crippen LogP contribution >= 0.6 is 0 Å². The van der Waals surface area contributed by atoms with Gasteiger partial charge in [0.1, 0.15) is 0 Å². The average Bonchev–Trinajstić information content (AvgIpc) is 2.57. The van der Waals surface area contributed by atoms with E-state index in [1.54, 1.807) is 0 Å². The molecule has 2 aliphatic rings. The van der Waals surface area contributed by atoms with Crippen molar-refractivity contribution in [2.75, 3.05) is 6.54 Å². The van der Waals surface area contributed by atoms with Crippen LogP contribution in [0.2, 0.25) is 0 Å².